The fraction of sp³-hybridized carbons (Fsp3) is 0.385. The third kappa shape index (κ3) is 3.66. The number of halogens is 4. The lowest BCUT2D eigenvalue weighted by Crippen LogP contribution is -2.45. The van der Waals surface area contributed by atoms with E-state index in [-0.39, 0.29) is 23.0 Å². The second kappa shape index (κ2) is 7.20. The molecule has 1 atom stereocenters. The summed E-state index contributed by atoms with van der Waals surface area (Å²) in [6.45, 7) is 6.77. The van der Waals surface area contributed by atoms with E-state index in [1.807, 2.05) is 4.90 Å². The summed E-state index contributed by atoms with van der Waals surface area (Å²) >= 11 is 5.63. The molecule has 1 fully saturated rings. The summed E-state index contributed by atoms with van der Waals surface area (Å²) in [7, 11) is 0. The largest absolute Gasteiger partial charge is 0.314 e. The molecular formula is C13H16Cl2F2N2. The molecule has 1 heterocycles. The first-order chi connectivity index (χ1) is 8.63. The van der Waals surface area contributed by atoms with Crippen molar-refractivity contribution in [3.63, 3.8) is 0 Å². The van der Waals surface area contributed by atoms with Gasteiger partial charge in [-0.15, -0.1) is 19.0 Å². The Bertz CT molecular complexity index is 425. The Balaban J connectivity index is 0.00000180. The van der Waals surface area contributed by atoms with Crippen molar-refractivity contribution < 1.29 is 8.78 Å². The highest BCUT2D eigenvalue weighted by atomic mass is 35.5. The van der Waals surface area contributed by atoms with Gasteiger partial charge in [0.05, 0.1) is 6.04 Å². The lowest BCUT2D eigenvalue weighted by molar-refractivity contribution is 0.197. The van der Waals surface area contributed by atoms with Gasteiger partial charge in [0.15, 0.2) is 0 Å². The Hall–Kier alpha value is -0.680. The molecule has 0 saturated carbocycles. The predicted octanol–water partition coefficient (Wildman–Crippen LogP) is 3.17. The zero-order valence-electron chi connectivity index (χ0n) is 10.3. The van der Waals surface area contributed by atoms with Gasteiger partial charge in [-0.1, -0.05) is 17.7 Å². The van der Waals surface area contributed by atoms with Gasteiger partial charge >= 0.3 is 0 Å². The summed E-state index contributed by atoms with van der Waals surface area (Å²) in [6, 6.07) is 1.82. The van der Waals surface area contributed by atoms with Gasteiger partial charge in [-0.05, 0) is 12.1 Å². The van der Waals surface area contributed by atoms with Crippen LogP contribution in [0.3, 0.4) is 0 Å². The maximum absolute atomic E-state index is 13.9. The van der Waals surface area contributed by atoms with E-state index in [1.54, 1.807) is 6.08 Å². The highest BCUT2D eigenvalue weighted by Crippen LogP contribution is 2.29. The Morgan fingerprint density at radius 1 is 1.26 bits per heavy atom. The Morgan fingerprint density at radius 2 is 1.79 bits per heavy atom. The van der Waals surface area contributed by atoms with Crippen LogP contribution >= 0.6 is 24.0 Å². The van der Waals surface area contributed by atoms with Crippen LogP contribution < -0.4 is 5.32 Å². The molecule has 2 nitrogen and oxygen atoms in total. The molecule has 0 aromatic heterocycles. The third-order valence-electron chi connectivity index (χ3n) is 3.11. The van der Waals surface area contributed by atoms with Crippen LogP contribution in [0.5, 0.6) is 0 Å². The smallest absolute Gasteiger partial charge is 0.132 e. The van der Waals surface area contributed by atoms with E-state index in [4.69, 9.17) is 11.6 Å². The van der Waals surface area contributed by atoms with Gasteiger partial charge in [0.1, 0.15) is 11.6 Å². The van der Waals surface area contributed by atoms with Crippen LogP contribution in [0.1, 0.15) is 11.6 Å². The van der Waals surface area contributed by atoms with Gasteiger partial charge in [0.2, 0.25) is 0 Å². The first-order valence-electron chi connectivity index (χ1n) is 5.85. The van der Waals surface area contributed by atoms with Crippen LogP contribution in [-0.4, -0.2) is 31.1 Å². The van der Waals surface area contributed by atoms with Crippen LogP contribution in [0.4, 0.5) is 8.78 Å². The monoisotopic (exact) mass is 308 g/mol. The summed E-state index contributed by atoms with van der Waals surface area (Å²) in [5, 5.41) is 3.27. The molecule has 106 valence electrons. The summed E-state index contributed by atoms with van der Waals surface area (Å²) in [6.07, 6.45) is 1.57. The predicted molar refractivity (Wildman–Crippen MR) is 76.0 cm³/mol. The molecule has 1 aromatic carbocycles. The molecule has 1 aliphatic rings. The van der Waals surface area contributed by atoms with Gasteiger partial charge in [-0.25, -0.2) is 8.78 Å². The molecule has 0 aliphatic carbocycles. The average Bonchev–Trinajstić information content (AvgIpc) is 2.34. The van der Waals surface area contributed by atoms with Crippen molar-refractivity contribution in [2.75, 3.05) is 26.2 Å². The standard InChI is InChI=1S/C13H15ClF2N2.ClH/c1-2-12(18-5-3-17-4-6-18)13-10(15)7-9(14)8-11(13)16;/h2,7-8,12,17H,1,3-6H2;1H/t12-;/m0./s1. The van der Waals surface area contributed by atoms with E-state index in [9.17, 15) is 8.78 Å². The van der Waals surface area contributed by atoms with E-state index < -0.39 is 17.7 Å². The van der Waals surface area contributed by atoms with Gasteiger partial charge in [0.25, 0.3) is 0 Å². The minimum absolute atomic E-state index is 0. The minimum Gasteiger partial charge on any atom is -0.314 e. The Labute approximate surface area is 122 Å². The van der Waals surface area contributed by atoms with Crippen LogP contribution in [0.25, 0.3) is 0 Å². The summed E-state index contributed by atoms with van der Waals surface area (Å²) in [5.74, 6) is -1.24. The fourth-order valence-electron chi connectivity index (χ4n) is 2.25. The molecule has 1 aromatic rings. The van der Waals surface area contributed by atoms with Crippen molar-refractivity contribution in [3.05, 3.63) is 47.0 Å². The van der Waals surface area contributed by atoms with Crippen molar-refractivity contribution in [2.24, 2.45) is 0 Å². The second-order valence-corrected chi connectivity index (χ2v) is 4.69. The Kier molecular flexibility index (Phi) is 6.20. The van der Waals surface area contributed by atoms with Crippen LogP contribution in [0.2, 0.25) is 5.02 Å². The molecule has 1 N–H and O–H groups in total. The second-order valence-electron chi connectivity index (χ2n) is 4.25. The van der Waals surface area contributed by atoms with Crippen molar-refractivity contribution >= 4 is 24.0 Å². The van der Waals surface area contributed by atoms with Gasteiger partial charge in [-0.3, -0.25) is 4.90 Å². The average molecular weight is 309 g/mol. The first-order valence-corrected chi connectivity index (χ1v) is 6.23. The minimum atomic E-state index is -0.622. The molecule has 0 bridgehead atoms. The zero-order valence-corrected chi connectivity index (χ0v) is 11.9. The highest BCUT2D eigenvalue weighted by molar-refractivity contribution is 6.30. The van der Waals surface area contributed by atoms with Crippen molar-refractivity contribution in [2.45, 2.75) is 6.04 Å². The van der Waals surface area contributed by atoms with E-state index in [2.05, 4.69) is 11.9 Å². The summed E-state index contributed by atoms with van der Waals surface area (Å²) < 4.78 is 27.8. The number of benzene rings is 1. The fourth-order valence-corrected chi connectivity index (χ4v) is 2.44. The molecular weight excluding hydrogens is 293 g/mol. The number of rotatable bonds is 3. The molecule has 19 heavy (non-hydrogen) atoms. The third-order valence-corrected chi connectivity index (χ3v) is 3.33. The van der Waals surface area contributed by atoms with Gasteiger partial charge in [0, 0.05) is 36.8 Å². The number of hydrogen-bond donors (Lipinski definition) is 1. The SMILES string of the molecule is C=C[C@@H](c1c(F)cc(Cl)cc1F)N1CCNCC1.Cl. The molecule has 6 heteroatoms. The Morgan fingerprint density at radius 3 is 2.26 bits per heavy atom. The molecule has 1 saturated heterocycles. The van der Waals surface area contributed by atoms with E-state index in [0.29, 0.717) is 0 Å². The molecule has 0 radical (unpaired) electrons. The summed E-state index contributed by atoms with van der Waals surface area (Å²) in [4.78, 5) is 2.00. The highest BCUT2D eigenvalue weighted by Gasteiger charge is 2.25. The van der Waals surface area contributed by atoms with Gasteiger partial charge in [-0.2, -0.15) is 0 Å². The molecule has 0 spiro atoms. The zero-order chi connectivity index (χ0) is 13.1. The van der Waals surface area contributed by atoms with Crippen molar-refractivity contribution in [1.82, 2.24) is 10.2 Å². The van der Waals surface area contributed by atoms with E-state index in [1.165, 1.54) is 0 Å². The summed E-state index contributed by atoms with van der Waals surface area (Å²) in [5.41, 5.74) is 0.0244. The number of piperazine rings is 1. The van der Waals surface area contributed by atoms with Crippen LogP contribution in [-0.2, 0) is 0 Å². The molecule has 0 amide bonds. The normalized spacial score (nSPS) is 17.6. The van der Waals surface area contributed by atoms with Crippen LogP contribution in [0.15, 0.2) is 24.8 Å². The topological polar surface area (TPSA) is 15.3 Å². The van der Waals surface area contributed by atoms with Crippen molar-refractivity contribution in [3.8, 4) is 0 Å². The molecule has 2 rings (SSSR count). The van der Waals surface area contributed by atoms with E-state index >= 15 is 0 Å². The maximum Gasteiger partial charge on any atom is 0.132 e. The molecule has 0 unspecified atom stereocenters. The van der Waals surface area contributed by atoms with Crippen LogP contribution in [0, 0.1) is 11.6 Å². The van der Waals surface area contributed by atoms with Crippen molar-refractivity contribution in [1.29, 1.82) is 0 Å². The first kappa shape index (κ1) is 16.4. The number of nitrogens with zero attached hydrogens (tertiary/aromatic N) is 1. The van der Waals surface area contributed by atoms with E-state index in [0.717, 1.165) is 38.3 Å². The van der Waals surface area contributed by atoms with Gasteiger partial charge < -0.3 is 5.32 Å². The number of hydrogen-bond acceptors (Lipinski definition) is 2. The maximum atomic E-state index is 13.9. The quantitative estimate of drug-likeness (QED) is 0.863. The lowest BCUT2D eigenvalue weighted by atomic mass is 10.0. The number of nitrogens with one attached hydrogen (secondary N) is 1. The lowest BCUT2D eigenvalue weighted by Gasteiger charge is -2.33. The molecule has 1 aliphatic heterocycles.